The first-order chi connectivity index (χ1) is 13.3. The molecule has 3 heterocycles. The second-order valence-corrected chi connectivity index (χ2v) is 8.31. The molecule has 0 aliphatic carbocycles. The molecule has 2 fully saturated rings. The van der Waals surface area contributed by atoms with Crippen molar-refractivity contribution < 1.29 is 14.7 Å². The number of carbonyl (C=O) groups excluding carboxylic acids is 1. The van der Waals surface area contributed by atoms with Crippen LogP contribution >= 0.6 is 0 Å². The summed E-state index contributed by atoms with van der Waals surface area (Å²) in [5.41, 5.74) is 2.33. The molecule has 1 amide bonds. The van der Waals surface area contributed by atoms with E-state index in [1.54, 1.807) is 4.68 Å². The summed E-state index contributed by atoms with van der Waals surface area (Å²) in [7, 11) is 3.99. The van der Waals surface area contributed by atoms with E-state index in [0.717, 1.165) is 44.0 Å². The van der Waals surface area contributed by atoms with E-state index >= 15 is 0 Å². The molecular formula is C20H33N5O3. The fourth-order valence-corrected chi connectivity index (χ4v) is 4.67. The van der Waals surface area contributed by atoms with Crippen LogP contribution in [-0.2, 0) is 11.8 Å². The molecule has 156 valence electrons. The van der Waals surface area contributed by atoms with Gasteiger partial charge in [0.2, 0.25) is 0 Å². The summed E-state index contributed by atoms with van der Waals surface area (Å²) >= 11 is 0. The quantitative estimate of drug-likeness (QED) is 0.806. The van der Waals surface area contributed by atoms with Crippen LogP contribution in [0.4, 0.5) is 0 Å². The van der Waals surface area contributed by atoms with Gasteiger partial charge in [-0.3, -0.25) is 19.2 Å². The predicted octanol–water partition coefficient (Wildman–Crippen LogP) is 0.980. The number of nitrogens with zero attached hydrogens (tertiary/aromatic N) is 5. The Morgan fingerprint density at radius 3 is 2.36 bits per heavy atom. The maximum Gasteiger partial charge on any atom is 0.303 e. The third kappa shape index (κ3) is 4.38. The van der Waals surface area contributed by atoms with E-state index in [-0.39, 0.29) is 18.2 Å². The van der Waals surface area contributed by atoms with Crippen molar-refractivity contribution in [3.8, 4) is 0 Å². The second kappa shape index (κ2) is 8.61. The third-order valence-electron chi connectivity index (χ3n) is 6.44. The van der Waals surface area contributed by atoms with Gasteiger partial charge >= 0.3 is 5.97 Å². The predicted molar refractivity (Wildman–Crippen MR) is 106 cm³/mol. The molecule has 8 nitrogen and oxygen atoms in total. The zero-order chi connectivity index (χ0) is 20.4. The number of piperidine rings is 1. The Morgan fingerprint density at radius 2 is 1.79 bits per heavy atom. The number of amides is 1. The maximum atomic E-state index is 13.2. The lowest BCUT2D eigenvalue weighted by Crippen LogP contribution is -2.57. The number of aromatic nitrogens is 2. The summed E-state index contributed by atoms with van der Waals surface area (Å²) in [6.07, 6.45) is 1.67. The van der Waals surface area contributed by atoms with Crippen molar-refractivity contribution in [1.29, 1.82) is 0 Å². The number of aliphatic carboxylic acids is 1. The topological polar surface area (TPSA) is 81.9 Å². The first-order valence-corrected chi connectivity index (χ1v) is 10.2. The molecule has 0 bridgehead atoms. The minimum atomic E-state index is -0.764. The highest BCUT2D eigenvalue weighted by Crippen LogP contribution is 2.29. The van der Waals surface area contributed by atoms with Crippen LogP contribution in [0.1, 0.15) is 41.0 Å². The largest absolute Gasteiger partial charge is 0.481 e. The molecule has 0 saturated carbocycles. The fourth-order valence-electron chi connectivity index (χ4n) is 4.67. The van der Waals surface area contributed by atoms with Crippen molar-refractivity contribution in [2.24, 2.45) is 13.0 Å². The average Bonchev–Trinajstić information content (AvgIpc) is 2.92. The lowest BCUT2D eigenvalue weighted by molar-refractivity contribution is -0.137. The highest BCUT2D eigenvalue weighted by Gasteiger charge is 2.37. The Balaban J connectivity index is 1.74. The first-order valence-electron chi connectivity index (χ1n) is 10.2. The summed E-state index contributed by atoms with van der Waals surface area (Å²) in [5, 5.41) is 13.6. The van der Waals surface area contributed by atoms with Gasteiger partial charge in [-0.2, -0.15) is 5.10 Å². The molecule has 0 spiro atoms. The highest BCUT2D eigenvalue weighted by molar-refractivity contribution is 5.96. The van der Waals surface area contributed by atoms with Crippen LogP contribution in [0, 0.1) is 19.8 Å². The maximum absolute atomic E-state index is 13.2. The molecule has 1 N–H and O–H groups in total. The molecular weight excluding hydrogens is 358 g/mol. The van der Waals surface area contributed by atoms with Crippen LogP contribution in [0.5, 0.6) is 0 Å². The number of likely N-dealkylation sites (tertiary alicyclic amines) is 1. The Labute approximate surface area is 167 Å². The lowest BCUT2D eigenvalue weighted by Gasteiger charge is -2.46. The molecule has 0 unspecified atom stereocenters. The molecule has 8 heteroatoms. The molecule has 28 heavy (non-hydrogen) atoms. The molecule has 3 rings (SSSR count). The zero-order valence-electron chi connectivity index (χ0n) is 17.5. The standard InChI is InChI=1S/C20H33N5O3/c1-14-19(15(2)23(4)21-14)20(28)25-8-7-17(16(13-25)5-6-18(26)27)24-11-9-22(3)10-12-24/h16-17H,5-13H2,1-4H3,(H,26,27)/t16-,17+/m1/s1. The summed E-state index contributed by atoms with van der Waals surface area (Å²) in [5.74, 6) is -0.547. The molecule has 2 aliphatic heterocycles. The summed E-state index contributed by atoms with van der Waals surface area (Å²) in [6, 6.07) is 0.355. The van der Waals surface area contributed by atoms with Gasteiger partial charge in [0.25, 0.3) is 5.91 Å². The van der Waals surface area contributed by atoms with E-state index in [0.29, 0.717) is 31.1 Å². The second-order valence-electron chi connectivity index (χ2n) is 8.31. The van der Waals surface area contributed by atoms with Gasteiger partial charge in [-0.25, -0.2) is 0 Å². The highest BCUT2D eigenvalue weighted by atomic mass is 16.4. The van der Waals surface area contributed by atoms with E-state index < -0.39 is 5.97 Å². The molecule has 1 aromatic heterocycles. The van der Waals surface area contributed by atoms with Gasteiger partial charge in [0, 0.05) is 64.5 Å². The van der Waals surface area contributed by atoms with Gasteiger partial charge in [-0.1, -0.05) is 0 Å². The van der Waals surface area contributed by atoms with Gasteiger partial charge in [0.05, 0.1) is 11.3 Å². The van der Waals surface area contributed by atoms with Crippen LogP contribution in [0.2, 0.25) is 0 Å². The summed E-state index contributed by atoms with van der Waals surface area (Å²) in [6.45, 7) is 9.24. The van der Waals surface area contributed by atoms with Crippen molar-refractivity contribution in [3.63, 3.8) is 0 Å². The Kier molecular flexibility index (Phi) is 6.40. The molecule has 0 radical (unpaired) electrons. The Bertz CT molecular complexity index is 724. The van der Waals surface area contributed by atoms with Crippen molar-refractivity contribution in [1.82, 2.24) is 24.5 Å². The molecule has 2 saturated heterocycles. The van der Waals surface area contributed by atoms with Gasteiger partial charge < -0.3 is 14.9 Å². The van der Waals surface area contributed by atoms with Gasteiger partial charge in [-0.05, 0) is 39.7 Å². The van der Waals surface area contributed by atoms with Crippen molar-refractivity contribution in [2.45, 2.75) is 39.2 Å². The van der Waals surface area contributed by atoms with Crippen LogP contribution in [0.3, 0.4) is 0 Å². The van der Waals surface area contributed by atoms with Crippen molar-refractivity contribution in [3.05, 3.63) is 17.0 Å². The first kappa shape index (κ1) is 20.8. The third-order valence-corrected chi connectivity index (χ3v) is 6.44. The van der Waals surface area contributed by atoms with Crippen LogP contribution in [0.15, 0.2) is 0 Å². The number of carbonyl (C=O) groups is 2. The van der Waals surface area contributed by atoms with Gasteiger partial charge in [-0.15, -0.1) is 0 Å². The number of hydrogen-bond donors (Lipinski definition) is 1. The number of rotatable bonds is 5. The Hall–Kier alpha value is -1.93. The molecule has 2 aliphatic rings. The van der Waals surface area contributed by atoms with Crippen LogP contribution in [-0.4, -0.2) is 93.8 Å². The van der Waals surface area contributed by atoms with Gasteiger partial charge in [0.15, 0.2) is 0 Å². The number of aryl methyl sites for hydroxylation is 2. The van der Waals surface area contributed by atoms with Crippen molar-refractivity contribution >= 4 is 11.9 Å². The molecule has 1 aromatic rings. The zero-order valence-corrected chi connectivity index (χ0v) is 17.5. The SMILES string of the molecule is Cc1nn(C)c(C)c1C(=O)N1CC[C@H](N2CCN(C)CC2)[C@H](CCC(=O)O)C1. The van der Waals surface area contributed by atoms with E-state index in [1.165, 1.54) is 0 Å². The van der Waals surface area contributed by atoms with Crippen LogP contribution < -0.4 is 0 Å². The average molecular weight is 392 g/mol. The van der Waals surface area contributed by atoms with E-state index in [1.807, 2.05) is 25.8 Å². The summed E-state index contributed by atoms with van der Waals surface area (Å²) < 4.78 is 1.75. The van der Waals surface area contributed by atoms with E-state index in [4.69, 9.17) is 0 Å². The number of carboxylic acid groups (broad SMARTS) is 1. The van der Waals surface area contributed by atoms with E-state index in [9.17, 15) is 14.7 Å². The number of hydrogen-bond acceptors (Lipinski definition) is 5. The number of likely N-dealkylation sites (N-methyl/N-ethyl adjacent to an activating group) is 1. The molecule has 0 aromatic carbocycles. The smallest absolute Gasteiger partial charge is 0.303 e. The van der Waals surface area contributed by atoms with Crippen LogP contribution in [0.25, 0.3) is 0 Å². The number of piperazine rings is 1. The minimum Gasteiger partial charge on any atom is -0.481 e. The van der Waals surface area contributed by atoms with Gasteiger partial charge in [0.1, 0.15) is 0 Å². The Morgan fingerprint density at radius 1 is 1.11 bits per heavy atom. The minimum absolute atomic E-state index is 0.0280. The lowest BCUT2D eigenvalue weighted by atomic mass is 9.86. The molecule has 2 atom stereocenters. The number of carboxylic acids is 1. The summed E-state index contributed by atoms with van der Waals surface area (Å²) in [4.78, 5) is 31.1. The fraction of sp³-hybridized carbons (Fsp3) is 0.750. The van der Waals surface area contributed by atoms with E-state index in [2.05, 4.69) is 21.9 Å². The van der Waals surface area contributed by atoms with Crippen molar-refractivity contribution in [2.75, 3.05) is 46.3 Å². The normalized spacial score (nSPS) is 24.5. The monoisotopic (exact) mass is 391 g/mol.